The van der Waals surface area contributed by atoms with Crippen molar-refractivity contribution in [3.8, 4) is 0 Å². The van der Waals surface area contributed by atoms with Gasteiger partial charge in [0.2, 0.25) is 5.91 Å². The Labute approximate surface area is 156 Å². The van der Waals surface area contributed by atoms with Crippen LogP contribution >= 0.6 is 23.2 Å². The molecule has 1 fully saturated rings. The molecule has 0 aliphatic carbocycles. The molecule has 1 aromatic carbocycles. The molecule has 25 heavy (non-hydrogen) atoms. The van der Waals surface area contributed by atoms with Gasteiger partial charge in [-0.3, -0.25) is 4.79 Å². The molecule has 1 saturated heterocycles. The second-order valence-corrected chi connectivity index (χ2v) is 7.01. The Hall–Kier alpha value is -1.56. The molecule has 0 bridgehead atoms. The summed E-state index contributed by atoms with van der Waals surface area (Å²) in [5.41, 5.74) is 1.53. The minimum absolute atomic E-state index is 0.0590. The summed E-state index contributed by atoms with van der Waals surface area (Å²) < 4.78 is 10.9. The smallest absolute Gasteiger partial charge is 0.336 e. The van der Waals surface area contributed by atoms with Crippen LogP contribution in [0.5, 0.6) is 0 Å². The van der Waals surface area contributed by atoms with Crippen molar-refractivity contribution in [3.63, 3.8) is 0 Å². The fourth-order valence-electron chi connectivity index (χ4n) is 3.25. The maximum Gasteiger partial charge on any atom is 0.336 e. The highest BCUT2D eigenvalue weighted by Crippen LogP contribution is 2.39. The predicted octanol–water partition coefficient (Wildman–Crippen LogP) is 3.59. The molecule has 7 heteroatoms. The lowest BCUT2D eigenvalue weighted by Gasteiger charge is -2.27. The lowest BCUT2D eigenvalue weighted by Crippen LogP contribution is -2.35. The van der Waals surface area contributed by atoms with E-state index in [0.29, 0.717) is 33.5 Å². The fraction of sp³-hybridized carbons (Fsp3) is 0.444. The molecule has 5 nitrogen and oxygen atoms in total. The number of carbonyl (C=O) groups is 2. The third kappa shape index (κ3) is 4.00. The van der Waals surface area contributed by atoms with Gasteiger partial charge < -0.3 is 14.8 Å². The van der Waals surface area contributed by atoms with Gasteiger partial charge in [0.05, 0.1) is 21.7 Å². The van der Waals surface area contributed by atoms with Crippen LogP contribution in [0.3, 0.4) is 0 Å². The predicted molar refractivity (Wildman–Crippen MR) is 94.6 cm³/mol. The maximum atomic E-state index is 12.7. The highest BCUT2D eigenvalue weighted by atomic mass is 35.5. The number of rotatable bonds is 4. The van der Waals surface area contributed by atoms with Crippen LogP contribution in [0.25, 0.3) is 0 Å². The Morgan fingerprint density at radius 2 is 2.20 bits per heavy atom. The van der Waals surface area contributed by atoms with Crippen LogP contribution in [0.2, 0.25) is 10.0 Å². The van der Waals surface area contributed by atoms with E-state index in [1.54, 1.807) is 25.1 Å². The van der Waals surface area contributed by atoms with Gasteiger partial charge >= 0.3 is 5.97 Å². The fourth-order valence-corrected chi connectivity index (χ4v) is 3.69. The maximum absolute atomic E-state index is 12.7. The number of hydrogen-bond donors (Lipinski definition) is 1. The number of halogens is 2. The molecule has 2 aliphatic heterocycles. The Morgan fingerprint density at radius 3 is 2.92 bits per heavy atom. The molecule has 0 radical (unpaired) electrons. The van der Waals surface area contributed by atoms with E-state index in [2.05, 4.69) is 5.32 Å². The number of allylic oxidation sites excluding steroid dienone is 1. The monoisotopic (exact) mass is 383 g/mol. The summed E-state index contributed by atoms with van der Waals surface area (Å²) in [6.07, 6.45) is 1.91. The van der Waals surface area contributed by atoms with Crippen molar-refractivity contribution in [1.29, 1.82) is 0 Å². The van der Waals surface area contributed by atoms with Gasteiger partial charge in [-0.2, -0.15) is 0 Å². The average molecular weight is 384 g/mol. The third-order valence-electron chi connectivity index (χ3n) is 4.47. The van der Waals surface area contributed by atoms with E-state index in [-0.39, 0.29) is 25.0 Å². The van der Waals surface area contributed by atoms with Crippen molar-refractivity contribution in [2.75, 3.05) is 13.2 Å². The number of ether oxygens (including phenoxy) is 2. The molecule has 1 N–H and O–H groups in total. The molecule has 2 heterocycles. The van der Waals surface area contributed by atoms with Crippen molar-refractivity contribution in [2.24, 2.45) is 0 Å². The Bertz CT molecular complexity index is 726. The van der Waals surface area contributed by atoms with Gasteiger partial charge in [0.25, 0.3) is 0 Å². The Kier molecular flexibility index (Phi) is 5.67. The lowest BCUT2D eigenvalue weighted by molar-refractivity contribution is -0.142. The second kappa shape index (κ2) is 7.77. The first-order valence-corrected chi connectivity index (χ1v) is 8.96. The highest BCUT2D eigenvalue weighted by molar-refractivity contribution is 6.42. The molecular weight excluding hydrogens is 365 g/mol. The Balaban J connectivity index is 1.86. The third-order valence-corrected chi connectivity index (χ3v) is 5.30. The highest BCUT2D eigenvalue weighted by Gasteiger charge is 2.34. The van der Waals surface area contributed by atoms with Crippen LogP contribution in [-0.4, -0.2) is 31.2 Å². The number of carbonyl (C=O) groups excluding carboxylic acids is 2. The van der Waals surface area contributed by atoms with Gasteiger partial charge in [-0.15, -0.1) is 0 Å². The van der Waals surface area contributed by atoms with Gasteiger partial charge in [0.1, 0.15) is 6.61 Å². The summed E-state index contributed by atoms with van der Waals surface area (Å²) in [6, 6.07) is 5.20. The van der Waals surface area contributed by atoms with E-state index in [4.69, 9.17) is 32.7 Å². The topological polar surface area (TPSA) is 64.6 Å². The summed E-state index contributed by atoms with van der Waals surface area (Å²) in [4.78, 5) is 24.7. The standard InChI is InChI=1S/C18H19Cl2NO4/c1-10-16(18(23)25-9-11-4-3-7-24-11)13(8-15(22)21-10)12-5-2-6-14(19)17(12)20/h2,5-6,11,13H,3-4,7-9H2,1H3,(H,21,22). The molecule has 0 saturated carbocycles. The zero-order valence-electron chi connectivity index (χ0n) is 13.8. The molecular formula is C18H19Cl2NO4. The van der Waals surface area contributed by atoms with Crippen LogP contribution in [0.15, 0.2) is 29.5 Å². The van der Waals surface area contributed by atoms with E-state index >= 15 is 0 Å². The van der Waals surface area contributed by atoms with Crippen LogP contribution in [0.4, 0.5) is 0 Å². The molecule has 134 valence electrons. The average Bonchev–Trinajstić information content (AvgIpc) is 3.08. The van der Waals surface area contributed by atoms with Crippen LogP contribution in [0.1, 0.15) is 37.7 Å². The van der Waals surface area contributed by atoms with Crippen LogP contribution in [0, 0.1) is 0 Å². The molecule has 3 rings (SSSR count). The molecule has 1 aromatic rings. The molecule has 2 unspecified atom stereocenters. The van der Waals surface area contributed by atoms with Crippen molar-refractivity contribution < 1.29 is 19.1 Å². The zero-order chi connectivity index (χ0) is 18.0. The molecule has 0 spiro atoms. The zero-order valence-corrected chi connectivity index (χ0v) is 15.3. The van der Waals surface area contributed by atoms with Gasteiger partial charge in [-0.25, -0.2) is 4.79 Å². The summed E-state index contributed by atoms with van der Waals surface area (Å²) in [6.45, 7) is 2.59. The molecule has 2 atom stereocenters. The van der Waals surface area contributed by atoms with E-state index in [0.717, 1.165) is 12.8 Å². The van der Waals surface area contributed by atoms with Gasteiger partial charge in [-0.05, 0) is 31.4 Å². The van der Waals surface area contributed by atoms with Gasteiger partial charge in [0.15, 0.2) is 0 Å². The summed E-state index contributed by atoms with van der Waals surface area (Å²) in [7, 11) is 0. The van der Waals surface area contributed by atoms with E-state index in [1.807, 2.05) is 0 Å². The second-order valence-electron chi connectivity index (χ2n) is 6.22. The van der Waals surface area contributed by atoms with Gasteiger partial charge in [-0.1, -0.05) is 35.3 Å². The Morgan fingerprint density at radius 1 is 1.40 bits per heavy atom. The van der Waals surface area contributed by atoms with Crippen LogP contribution < -0.4 is 5.32 Å². The normalized spacial score (nSPS) is 23.6. The van der Waals surface area contributed by atoms with E-state index < -0.39 is 11.9 Å². The first-order valence-electron chi connectivity index (χ1n) is 8.20. The first kappa shape index (κ1) is 18.2. The number of esters is 1. The molecule has 1 amide bonds. The largest absolute Gasteiger partial charge is 0.460 e. The number of benzene rings is 1. The van der Waals surface area contributed by atoms with E-state index in [1.165, 1.54) is 0 Å². The van der Waals surface area contributed by atoms with Gasteiger partial charge in [0, 0.05) is 24.6 Å². The minimum Gasteiger partial charge on any atom is -0.460 e. The number of amides is 1. The van der Waals surface area contributed by atoms with Crippen molar-refractivity contribution in [1.82, 2.24) is 5.32 Å². The number of hydrogen-bond acceptors (Lipinski definition) is 4. The lowest BCUT2D eigenvalue weighted by atomic mass is 9.84. The van der Waals surface area contributed by atoms with Crippen molar-refractivity contribution in [2.45, 2.75) is 38.2 Å². The quantitative estimate of drug-likeness (QED) is 0.806. The van der Waals surface area contributed by atoms with Crippen LogP contribution in [-0.2, 0) is 19.1 Å². The summed E-state index contributed by atoms with van der Waals surface area (Å²) in [5.74, 6) is -1.12. The van der Waals surface area contributed by atoms with E-state index in [9.17, 15) is 9.59 Å². The summed E-state index contributed by atoms with van der Waals surface area (Å²) in [5, 5.41) is 3.44. The SMILES string of the molecule is CC1=C(C(=O)OCC2CCCO2)C(c2cccc(Cl)c2Cl)CC(=O)N1. The van der Waals surface area contributed by atoms with Crippen molar-refractivity contribution in [3.05, 3.63) is 45.1 Å². The first-order chi connectivity index (χ1) is 12.0. The minimum atomic E-state index is -0.489. The number of nitrogens with one attached hydrogen (secondary N) is 1. The molecule has 2 aliphatic rings. The molecule has 0 aromatic heterocycles. The summed E-state index contributed by atoms with van der Waals surface area (Å²) >= 11 is 12.4. The van der Waals surface area contributed by atoms with Crippen molar-refractivity contribution >= 4 is 35.1 Å².